The van der Waals surface area contributed by atoms with Crippen molar-refractivity contribution in [1.29, 1.82) is 0 Å². The molecular formula is C34H32ClFN2O6. The Morgan fingerprint density at radius 2 is 1.66 bits per heavy atom. The number of carbonyl (C=O) groups excluding carboxylic acids is 3. The van der Waals surface area contributed by atoms with Crippen molar-refractivity contribution < 1.29 is 33.0 Å². The number of rotatable bonds is 8. The Morgan fingerprint density at radius 3 is 2.32 bits per heavy atom. The van der Waals surface area contributed by atoms with Gasteiger partial charge in [-0.3, -0.25) is 14.5 Å². The number of carbonyl (C=O) groups is 3. The number of methoxy groups -OCH3 is 1. The number of nitrogens with zero attached hydrogens (tertiary/aromatic N) is 1. The van der Waals surface area contributed by atoms with E-state index in [0.29, 0.717) is 33.3 Å². The predicted octanol–water partition coefficient (Wildman–Crippen LogP) is 6.01. The van der Waals surface area contributed by atoms with Crippen molar-refractivity contribution in [3.8, 4) is 5.75 Å². The molecule has 0 amide bonds. The first-order valence-electron chi connectivity index (χ1n) is 14.3. The Balaban J connectivity index is 1.82. The molecule has 3 aromatic rings. The molecule has 1 heterocycles. The number of anilines is 1. The summed E-state index contributed by atoms with van der Waals surface area (Å²) >= 11 is 6.40. The minimum Gasteiger partial charge on any atom is -0.497 e. The highest BCUT2D eigenvalue weighted by Crippen LogP contribution is 2.52. The summed E-state index contributed by atoms with van der Waals surface area (Å²) in [5, 5.41) is 0.381. The van der Waals surface area contributed by atoms with Crippen LogP contribution in [0.2, 0.25) is 5.02 Å². The summed E-state index contributed by atoms with van der Waals surface area (Å²) < 4.78 is 30.4. The van der Waals surface area contributed by atoms with Gasteiger partial charge in [-0.15, -0.1) is 0 Å². The van der Waals surface area contributed by atoms with Crippen molar-refractivity contribution in [2.75, 3.05) is 25.2 Å². The van der Waals surface area contributed by atoms with Gasteiger partial charge in [0.2, 0.25) is 0 Å². The van der Waals surface area contributed by atoms with Gasteiger partial charge in [-0.1, -0.05) is 35.9 Å². The van der Waals surface area contributed by atoms with E-state index in [2.05, 4.69) is 0 Å². The molecule has 8 nitrogen and oxygen atoms in total. The van der Waals surface area contributed by atoms with Crippen LogP contribution in [-0.4, -0.2) is 38.0 Å². The van der Waals surface area contributed by atoms with E-state index >= 15 is 0 Å². The molecule has 0 unspecified atom stereocenters. The molecule has 1 aliphatic heterocycles. The lowest BCUT2D eigenvalue weighted by molar-refractivity contribution is -0.152. The molecule has 2 aliphatic rings. The van der Waals surface area contributed by atoms with Crippen LogP contribution in [0.5, 0.6) is 5.75 Å². The van der Waals surface area contributed by atoms with Crippen LogP contribution in [0.25, 0.3) is 0 Å². The van der Waals surface area contributed by atoms with Crippen LogP contribution >= 0.6 is 11.6 Å². The quantitative estimate of drug-likeness (QED) is 0.241. The molecule has 44 heavy (non-hydrogen) atoms. The van der Waals surface area contributed by atoms with E-state index in [1.807, 2.05) is 6.07 Å². The first-order valence-corrected chi connectivity index (χ1v) is 14.6. The van der Waals surface area contributed by atoms with Gasteiger partial charge in [0, 0.05) is 27.9 Å². The van der Waals surface area contributed by atoms with Gasteiger partial charge < -0.3 is 19.9 Å². The Bertz CT molecular complexity index is 1670. The Morgan fingerprint density at radius 1 is 0.977 bits per heavy atom. The second-order valence-corrected chi connectivity index (χ2v) is 10.8. The van der Waals surface area contributed by atoms with Crippen LogP contribution in [0.1, 0.15) is 43.2 Å². The van der Waals surface area contributed by atoms with Crippen LogP contribution in [0.3, 0.4) is 0 Å². The molecule has 5 rings (SSSR count). The fourth-order valence-corrected chi connectivity index (χ4v) is 6.23. The van der Waals surface area contributed by atoms with E-state index in [1.54, 1.807) is 61.2 Å². The largest absolute Gasteiger partial charge is 0.497 e. The van der Waals surface area contributed by atoms with E-state index in [9.17, 15) is 18.8 Å². The maximum absolute atomic E-state index is 14.8. The zero-order chi connectivity index (χ0) is 31.5. The predicted molar refractivity (Wildman–Crippen MR) is 163 cm³/mol. The van der Waals surface area contributed by atoms with Crippen LogP contribution in [0, 0.1) is 11.7 Å². The van der Waals surface area contributed by atoms with E-state index in [4.69, 9.17) is 31.5 Å². The fourth-order valence-electron chi connectivity index (χ4n) is 6.03. The summed E-state index contributed by atoms with van der Waals surface area (Å²) in [4.78, 5) is 43.6. The molecule has 1 aliphatic carbocycles. The molecule has 0 radical (unpaired) electrons. The summed E-state index contributed by atoms with van der Waals surface area (Å²) in [6.45, 7) is 3.46. The zero-order valence-electron chi connectivity index (χ0n) is 24.5. The maximum Gasteiger partial charge on any atom is 0.338 e. The number of Topliss-reactive ketones (excluding diaryl/α,β-unsaturated/α-hetero) is 1. The van der Waals surface area contributed by atoms with Gasteiger partial charge in [0.05, 0.1) is 31.8 Å². The van der Waals surface area contributed by atoms with Gasteiger partial charge in [0.25, 0.3) is 0 Å². The van der Waals surface area contributed by atoms with Crippen LogP contribution < -0.4 is 15.4 Å². The number of allylic oxidation sites excluding steroid dienone is 2. The number of ether oxygens (including phenoxy) is 3. The van der Waals surface area contributed by atoms with E-state index in [1.165, 1.54) is 31.4 Å². The monoisotopic (exact) mass is 618 g/mol. The highest BCUT2D eigenvalue weighted by Gasteiger charge is 2.51. The highest BCUT2D eigenvalue weighted by atomic mass is 35.5. The SMILES string of the molecule is CCOC(=O)C1=C(N)N(c2ccc(F)cc2)C2=C(C(=O)[C@H](C(=O)OCC)[C@H](c3cccc(OC)c3)C2)[C@H]1c1cccc(Cl)c1. The molecule has 0 aromatic heterocycles. The average Bonchev–Trinajstić information content (AvgIpc) is 3.01. The standard InChI is InChI=1S/C34H32ClFN2O6/c1-4-43-33(40)28-25(19-8-7-11-24(17-19)42-3)18-26-29(31(28)39)27(20-9-6-10-21(35)16-20)30(34(41)44-5-2)32(37)38(26)23-14-12-22(36)13-15-23/h6-17,25,27-28H,4-5,18,37H2,1-3H3/t25-,27+,28+/m0/s1. The van der Waals surface area contributed by atoms with Crippen molar-refractivity contribution in [3.63, 3.8) is 0 Å². The third-order valence-electron chi connectivity index (χ3n) is 7.86. The van der Waals surface area contributed by atoms with Crippen LogP contribution in [-0.2, 0) is 23.9 Å². The third kappa shape index (κ3) is 5.67. The lowest BCUT2D eigenvalue weighted by Crippen LogP contribution is -2.46. The first kappa shape index (κ1) is 30.8. The van der Waals surface area contributed by atoms with E-state index in [-0.39, 0.29) is 36.6 Å². The number of benzene rings is 3. The normalized spacial score (nSPS) is 19.9. The number of hydrogen-bond donors (Lipinski definition) is 1. The minimum absolute atomic E-state index is 0.00739. The van der Waals surface area contributed by atoms with Gasteiger partial charge in [0.1, 0.15) is 23.3 Å². The molecule has 0 fully saturated rings. The van der Waals surface area contributed by atoms with Gasteiger partial charge in [-0.2, -0.15) is 0 Å². The van der Waals surface area contributed by atoms with Crippen molar-refractivity contribution in [3.05, 3.63) is 117 Å². The number of ketones is 1. The molecular weight excluding hydrogens is 587 g/mol. The second kappa shape index (κ2) is 12.9. The third-order valence-corrected chi connectivity index (χ3v) is 8.10. The molecule has 228 valence electrons. The topological polar surface area (TPSA) is 108 Å². The Labute approximate surface area is 259 Å². The molecule has 0 bridgehead atoms. The molecule has 0 saturated heterocycles. The molecule has 0 spiro atoms. The summed E-state index contributed by atoms with van der Waals surface area (Å²) in [5.74, 6) is -4.75. The number of esters is 2. The molecule has 3 aromatic carbocycles. The van der Waals surface area contributed by atoms with Gasteiger partial charge in [-0.25, -0.2) is 9.18 Å². The number of nitrogens with two attached hydrogens (primary N) is 1. The lowest BCUT2D eigenvalue weighted by atomic mass is 9.67. The average molecular weight is 619 g/mol. The zero-order valence-corrected chi connectivity index (χ0v) is 25.3. The van der Waals surface area contributed by atoms with Crippen molar-refractivity contribution in [1.82, 2.24) is 0 Å². The molecule has 0 saturated carbocycles. The highest BCUT2D eigenvalue weighted by molar-refractivity contribution is 6.30. The van der Waals surface area contributed by atoms with Crippen molar-refractivity contribution >= 4 is 35.0 Å². The number of hydrogen-bond acceptors (Lipinski definition) is 8. The van der Waals surface area contributed by atoms with E-state index < -0.39 is 41.3 Å². The Hall–Kier alpha value is -4.63. The Kier molecular flexibility index (Phi) is 9.06. The van der Waals surface area contributed by atoms with Gasteiger partial charge in [0.15, 0.2) is 5.78 Å². The van der Waals surface area contributed by atoms with Crippen LogP contribution in [0.4, 0.5) is 10.1 Å². The minimum atomic E-state index is -1.24. The maximum atomic E-state index is 14.8. The summed E-state index contributed by atoms with van der Waals surface area (Å²) in [7, 11) is 1.53. The second-order valence-electron chi connectivity index (χ2n) is 10.4. The summed E-state index contributed by atoms with van der Waals surface area (Å²) in [6, 6.07) is 19.5. The van der Waals surface area contributed by atoms with Gasteiger partial charge in [-0.05, 0) is 79.9 Å². The molecule has 2 N–H and O–H groups in total. The number of halogens is 2. The summed E-state index contributed by atoms with van der Waals surface area (Å²) in [6.07, 6.45) is 0.156. The van der Waals surface area contributed by atoms with E-state index in [0.717, 1.165) is 0 Å². The molecule has 3 atom stereocenters. The van der Waals surface area contributed by atoms with Crippen molar-refractivity contribution in [2.24, 2.45) is 11.7 Å². The summed E-state index contributed by atoms with van der Waals surface area (Å²) in [5.41, 5.74) is 9.12. The smallest absolute Gasteiger partial charge is 0.338 e. The fraction of sp³-hybridized carbons (Fsp3) is 0.265. The van der Waals surface area contributed by atoms with Crippen LogP contribution in [0.15, 0.2) is 95.5 Å². The first-order chi connectivity index (χ1) is 21.2. The lowest BCUT2D eigenvalue weighted by Gasteiger charge is -2.44. The molecule has 10 heteroatoms. The van der Waals surface area contributed by atoms with Crippen molar-refractivity contribution in [2.45, 2.75) is 32.1 Å². The van der Waals surface area contributed by atoms with Gasteiger partial charge >= 0.3 is 11.9 Å².